The van der Waals surface area contributed by atoms with Gasteiger partial charge in [-0.05, 0) is 56.2 Å². The fourth-order valence-corrected chi connectivity index (χ4v) is 4.47. The summed E-state index contributed by atoms with van der Waals surface area (Å²) in [6, 6.07) is 14.3. The predicted molar refractivity (Wildman–Crippen MR) is 108 cm³/mol. The van der Waals surface area contributed by atoms with Crippen molar-refractivity contribution in [3.8, 4) is 0 Å². The highest BCUT2D eigenvalue weighted by atomic mass is 32.2. The van der Waals surface area contributed by atoms with Crippen LogP contribution >= 0.6 is 0 Å². The van der Waals surface area contributed by atoms with E-state index in [-0.39, 0.29) is 23.4 Å². The fraction of sp³-hybridized carbons (Fsp3) is 0.350. The molecule has 7 heteroatoms. The van der Waals surface area contributed by atoms with Gasteiger partial charge in [-0.3, -0.25) is 4.79 Å². The number of carbonyl (C=O) groups is 1. The Bertz CT molecular complexity index is 924. The van der Waals surface area contributed by atoms with Crippen molar-refractivity contribution >= 4 is 27.3 Å². The summed E-state index contributed by atoms with van der Waals surface area (Å²) in [6.07, 6.45) is 0.944. The van der Waals surface area contributed by atoms with E-state index in [0.717, 1.165) is 18.7 Å². The van der Waals surface area contributed by atoms with Crippen LogP contribution in [-0.2, 0) is 21.2 Å². The third kappa shape index (κ3) is 4.14. The van der Waals surface area contributed by atoms with Gasteiger partial charge in [0.1, 0.15) is 0 Å². The molecule has 27 heavy (non-hydrogen) atoms. The second-order valence-corrected chi connectivity index (χ2v) is 8.99. The van der Waals surface area contributed by atoms with Crippen LogP contribution in [0.3, 0.4) is 0 Å². The van der Waals surface area contributed by atoms with Crippen LogP contribution < -0.4 is 10.2 Å². The van der Waals surface area contributed by atoms with Crippen LogP contribution in [0.5, 0.6) is 0 Å². The number of rotatable bonds is 6. The minimum absolute atomic E-state index is 0.124. The maximum atomic E-state index is 12.5. The van der Waals surface area contributed by atoms with Gasteiger partial charge in [0.2, 0.25) is 15.9 Å². The molecule has 0 saturated heterocycles. The third-order valence-corrected chi connectivity index (χ3v) is 6.91. The van der Waals surface area contributed by atoms with Crippen LogP contribution in [-0.4, -0.2) is 44.8 Å². The molecule has 0 atom stereocenters. The number of para-hydroxylation sites is 1. The van der Waals surface area contributed by atoms with Gasteiger partial charge in [0.15, 0.2) is 0 Å². The van der Waals surface area contributed by atoms with Gasteiger partial charge < -0.3 is 10.2 Å². The number of anilines is 2. The van der Waals surface area contributed by atoms with Crippen molar-refractivity contribution in [3.63, 3.8) is 0 Å². The van der Waals surface area contributed by atoms with Crippen molar-refractivity contribution in [1.82, 2.24) is 4.31 Å². The maximum Gasteiger partial charge on any atom is 0.243 e. The number of carbonyl (C=O) groups excluding carboxylic acids is 1. The molecule has 0 aliphatic carbocycles. The Balaban J connectivity index is 1.64. The number of nitrogens with one attached hydrogen (secondary N) is 1. The molecule has 0 saturated carbocycles. The topological polar surface area (TPSA) is 69.7 Å². The van der Waals surface area contributed by atoms with Crippen molar-refractivity contribution in [2.75, 3.05) is 30.4 Å². The largest absolute Gasteiger partial charge is 0.362 e. The first-order chi connectivity index (χ1) is 12.8. The normalized spacial score (nSPS) is 13.9. The SMILES string of the molecule is CC(C)N(C)S(=O)(=O)c1ccc(NC(=O)CN2CCc3ccccc32)cc1. The molecule has 2 aromatic carbocycles. The van der Waals surface area contributed by atoms with E-state index in [0.29, 0.717) is 5.69 Å². The Morgan fingerprint density at radius 3 is 2.48 bits per heavy atom. The van der Waals surface area contributed by atoms with E-state index >= 15 is 0 Å². The second-order valence-electron chi connectivity index (χ2n) is 6.99. The Morgan fingerprint density at radius 2 is 1.81 bits per heavy atom. The molecule has 1 aliphatic rings. The molecule has 3 rings (SSSR count). The Morgan fingerprint density at radius 1 is 1.15 bits per heavy atom. The summed E-state index contributed by atoms with van der Waals surface area (Å²) in [5.41, 5.74) is 2.94. The van der Waals surface area contributed by atoms with Crippen molar-refractivity contribution in [2.45, 2.75) is 31.2 Å². The van der Waals surface area contributed by atoms with Gasteiger partial charge in [0.05, 0.1) is 11.4 Å². The zero-order valence-corrected chi connectivity index (χ0v) is 16.7. The fourth-order valence-electron chi connectivity index (χ4n) is 3.10. The summed E-state index contributed by atoms with van der Waals surface area (Å²) in [7, 11) is -1.96. The van der Waals surface area contributed by atoms with E-state index in [9.17, 15) is 13.2 Å². The van der Waals surface area contributed by atoms with Crippen LogP contribution in [0.25, 0.3) is 0 Å². The van der Waals surface area contributed by atoms with Crippen LogP contribution in [0.15, 0.2) is 53.4 Å². The number of fused-ring (bicyclic) bond motifs is 1. The Kier molecular flexibility index (Phi) is 5.53. The smallest absolute Gasteiger partial charge is 0.243 e. The molecule has 0 aromatic heterocycles. The minimum Gasteiger partial charge on any atom is -0.362 e. The summed E-state index contributed by atoms with van der Waals surface area (Å²) < 4.78 is 26.3. The number of amides is 1. The summed E-state index contributed by atoms with van der Waals surface area (Å²) in [6.45, 7) is 4.74. The number of sulfonamides is 1. The molecule has 2 aromatic rings. The summed E-state index contributed by atoms with van der Waals surface area (Å²) in [5.74, 6) is -0.124. The molecule has 1 N–H and O–H groups in total. The lowest BCUT2D eigenvalue weighted by molar-refractivity contribution is -0.115. The number of hydrogen-bond donors (Lipinski definition) is 1. The highest BCUT2D eigenvalue weighted by Crippen LogP contribution is 2.27. The highest BCUT2D eigenvalue weighted by molar-refractivity contribution is 7.89. The van der Waals surface area contributed by atoms with Gasteiger partial charge in [-0.2, -0.15) is 4.31 Å². The van der Waals surface area contributed by atoms with E-state index in [4.69, 9.17) is 0 Å². The quantitative estimate of drug-likeness (QED) is 0.827. The summed E-state index contributed by atoms with van der Waals surface area (Å²) >= 11 is 0. The lowest BCUT2D eigenvalue weighted by Crippen LogP contribution is -2.33. The molecule has 1 aliphatic heterocycles. The monoisotopic (exact) mass is 387 g/mol. The summed E-state index contributed by atoms with van der Waals surface area (Å²) in [5, 5.41) is 2.84. The molecule has 0 radical (unpaired) electrons. The zero-order chi connectivity index (χ0) is 19.6. The van der Waals surface area contributed by atoms with E-state index in [1.165, 1.54) is 22.0 Å². The molecule has 0 fully saturated rings. The molecule has 6 nitrogen and oxygen atoms in total. The van der Waals surface area contributed by atoms with Crippen molar-refractivity contribution < 1.29 is 13.2 Å². The number of hydrogen-bond acceptors (Lipinski definition) is 4. The number of nitrogens with zero attached hydrogens (tertiary/aromatic N) is 2. The second kappa shape index (κ2) is 7.70. The van der Waals surface area contributed by atoms with Crippen LogP contribution in [0.2, 0.25) is 0 Å². The molecular formula is C20H25N3O3S. The van der Waals surface area contributed by atoms with Gasteiger partial charge in [-0.15, -0.1) is 0 Å². The third-order valence-electron chi connectivity index (χ3n) is 4.86. The molecule has 1 amide bonds. The van der Waals surface area contributed by atoms with E-state index < -0.39 is 10.0 Å². The first-order valence-corrected chi connectivity index (χ1v) is 10.4. The highest BCUT2D eigenvalue weighted by Gasteiger charge is 2.23. The van der Waals surface area contributed by atoms with Crippen LogP contribution in [0, 0.1) is 0 Å². The lowest BCUT2D eigenvalue weighted by atomic mass is 10.2. The van der Waals surface area contributed by atoms with Crippen molar-refractivity contribution in [1.29, 1.82) is 0 Å². The first kappa shape index (κ1) is 19.4. The molecule has 0 spiro atoms. The van der Waals surface area contributed by atoms with Crippen molar-refractivity contribution in [2.24, 2.45) is 0 Å². The number of benzene rings is 2. The Labute approximate surface area is 160 Å². The van der Waals surface area contributed by atoms with Gasteiger partial charge in [-0.1, -0.05) is 18.2 Å². The maximum absolute atomic E-state index is 12.5. The molecule has 0 unspecified atom stereocenters. The van der Waals surface area contributed by atoms with Gasteiger partial charge in [-0.25, -0.2) is 8.42 Å². The van der Waals surface area contributed by atoms with Gasteiger partial charge >= 0.3 is 0 Å². The summed E-state index contributed by atoms with van der Waals surface area (Å²) in [4.78, 5) is 14.6. The minimum atomic E-state index is -3.52. The van der Waals surface area contributed by atoms with Crippen LogP contribution in [0.4, 0.5) is 11.4 Å². The lowest BCUT2D eigenvalue weighted by Gasteiger charge is -2.21. The van der Waals surface area contributed by atoms with E-state index in [2.05, 4.69) is 16.3 Å². The Hall–Kier alpha value is -2.38. The average molecular weight is 388 g/mol. The first-order valence-electron chi connectivity index (χ1n) is 9.00. The van der Waals surface area contributed by atoms with Crippen LogP contribution in [0.1, 0.15) is 19.4 Å². The van der Waals surface area contributed by atoms with Crippen molar-refractivity contribution in [3.05, 3.63) is 54.1 Å². The zero-order valence-electron chi connectivity index (χ0n) is 15.8. The average Bonchev–Trinajstić information content (AvgIpc) is 3.04. The van der Waals surface area contributed by atoms with Gasteiger partial charge in [0.25, 0.3) is 0 Å². The molecule has 0 bridgehead atoms. The molecule has 144 valence electrons. The van der Waals surface area contributed by atoms with E-state index in [1.54, 1.807) is 19.2 Å². The standard InChI is InChI=1S/C20H25N3O3S/c1-15(2)22(3)27(25,26)18-10-8-17(9-11-18)21-20(24)14-23-13-12-16-6-4-5-7-19(16)23/h4-11,15H,12-14H2,1-3H3,(H,21,24). The van der Waals surface area contributed by atoms with E-state index in [1.807, 2.05) is 32.0 Å². The molecular weight excluding hydrogens is 362 g/mol. The molecule has 1 heterocycles. The predicted octanol–water partition coefficient (Wildman–Crippen LogP) is 2.72. The van der Waals surface area contributed by atoms with Gasteiger partial charge in [0, 0.05) is 31.0 Å².